The lowest BCUT2D eigenvalue weighted by Gasteiger charge is -2.22. The van der Waals surface area contributed by atoms with Crippen molar-refractivity contribution in [3.63, 3.8) is 0 Å². The van der Waals surface area contributed by atoms with Gasteiger partial charge in [-0.25, -0.2) is 13.2 Å². The average Bonchev–Trinajstić information content (AvgIpc) is 2.44. The minimum absolute atomic E-state index is 0.0478. The predicted molar refractivity (Wildman–Crippen MR) is 73.9 cm³/mol. The van der Waals surface area contributed by atoms with Crippen molar-refractivity contribution < 1.29 is 22.7 Å². The first-order valence-electron chi connectivity index (χ1n) is 6.66. The molecule has 0 heterocycles. The largest absolute Gasteiger partial charge is 0.375 e. The number of carbonyl (C=O) groups excluding carboxylic acids is 1. The number of alkyl halides is 2. The SMILES string of the molecule is NCCCN(C(=O)CCOCC(F)F)c1cccc(F)c1. The Balaban J connectivity index is 2.62. The number of anilines is 1. The molecule has 0 unspecified atom stereocenters. The first-order chi connectivity index (χ1) is 10.0. The summed E-state index contributed by atoms with van der Waals surface area (Å²) in [7, 11) is 0. The fourth-order valence-corrected chi connectivity index (χ4v) is 1.76. The molecule has 0 bridgehead atoms. The summed E-state index contributed by atoms with van der Waals surface area (Å²) < 4.78 is 41.8. The number of halogens is 3. The van der Waals surface area contributed by atoms with Gasteiger partial charge in [-0.3, -0.25) is 4.79 Å². The van der Waals surface area contributed by atoms with Crippen molar-refractivity contribution >= 4 is 11.6 Å². The van der Waals surface area contributed by atoms with Crippen molar-refractivity contribution in [3.8, 4) is 0 Å². The number of amides is 1. The highest BCUT2D eigenvalue weighted by Crippen LogP contribution is 2.17. The Hall–Kier alpha value is -1.60. The molecule has 0 aliphatic rings. The van der Waals surface area contributed by atoms with Crippen LogP contribution in [0.5, 0.6) is 0 Å². The topological polar surface area (TPSA) is 55.6 Å². The van der Waals surface area contributed by atoms with E-state index in [1.807, 2.05) is 0 Å². The minimum Gasteiger partial charge on any atom is -0.375 e. The summed E-state index contributed by atoms with van der Waals surface area (Å²) in [5.74, 6) is -0.768. The van der Waals surface area contributed by atoms with Gasteiger partial charge in [-0.15, -0.1) is 0 Å². The molecular formula is C14H19F3N2O2. The van der Waals surface area contributed by atoms with Gasteiger partial charge in [-0.05, 0) is 31.2 Å². The number of nitrogens with zero attached hydrogens (tertiary/aromatic N) is 1. The molecule has 0 atom stereocenters. The van der Waals surface area contributed by atoms with Crippen molar-refractivity contribution in [1.82, 2.24) is 0 Å². The zero-order chi connectivity index (χ0) is 15.7. The van der Waals surface area contributed by atoms with E-state index in [1.54, 1.807) is 6.07 Å². The summed E-state index contributed by atoms with van der Waals surface area (Å²) in [5, 5.41) is 0. The Morgan fingerprint density at radius 3 is 2.76 bits per heavy atom. The van der Waals surface area contributed by atoms with Gasteiger partial charge in [0.2, 0.25) is 5.91 Å². The monoisotopic (exact) mass is 304 g/mol. The zero-order valence-corrected chi connectivity index (χ0v) is 11.6. The normalized spacial score (nSPS) is 10.9. The van der Waals surface area contributed by atoms with Crippen LogP contribution in [0.2, 0.25) is 0 Å². The van der Waals surface area contributed by atoms with E-state index in [-0.39, 0.29) is 18.9 Å². The second kappa shape index (κ2) is 9.36. The van der Waals surface area contributed by atoms with E-state index in [0.29, 0.717) is 25.2 Å². The van der Waals surface area contributed by atoms with Crippen LogP contribution in [0.3, 0.4) is 0 Å². The fourth-order valence-electron chi connectivity index (χ4n) is 1.76. The Kier molecular flexibility index (Phi) is 7.78. The van der Waals surface area contributed by atoms with Gasteiger partial charge in [0.15, 0.2) is 0 Å². The van der Waals surface area contributed by atoms with E-state index in [1.165, 1.54) is 23.1 Å². The molecule has 0 spiro atoms. The van der Waals surface area contributed by atoms with Gasteiger partial charge in [0.25, 0.3) is 6.43 Å². The van der Waals surface area contributed by atoms with Gasteiger partial charge in [0.05, 0.1) is 13.0 Å². The van der Waals surface area contributed by atoms with Crippen molar-refractivity contribution in [2.75, 3.05) is 31.2 Å². The first kappa shape index (κ1) is 17.5. The number of rotatable bonds is 9. The van der Waals surface area contributed by atoms with E-state index in [0.717, 1.165) is 0 Å². The van der Waals surface area contributed by atoms with Gasteiger partial charge >= 0.3 is 0 Å². The fraction of sp³-hybridized carbons (Fsp3) is 0.500. The van der Waals surface area contributed by atoms with Gasteiger partial charge in [-0.1, -0.05) is 6.07 Å². The smallest absolute Gasteiger partial charge is 0.261 e. The zero-order valence-electron chi connectivity index (χ0n) is 11.6. The van der Waals surface area contributed by atoms with Crippen molar-refractivity contribution in [2.45, 2.75) is 19.3 Å². The summed E-state index contributed by atoms with van der Waals surface area (Å²) >= 11 is 0. The quantitative estimate of drug-likeness (QED) is 0.711. The van der Waals surface area contributed by atoms with Crippen molar-refractivity contribution in [3.05, 3.63) is 30.1 Å². The van der Waals surface area contributed by atoms with E-state index < -0.39 is 18.8 Å². The Bertz CT molecular complexity index is 444. The summed E-state index contributed by atoms with van der Waals surface area (Å²) in [5.41, 5.74) is 5.84. The summed E-state index contributed by atoms with van der Waals surface area (Å²) in [6.07, 6.45) is -2.05. The van der Waals surface area contributed by atoms with Crippen LogP contribution in [0.25, 0.3) is 0 Å². The molecule has 0 radical (unpaired) electrons. The molecule has 0 saturated heterocycles. The first-order valence-corrected chi connectivity index (χ1v) is 6.66. The molecule has 0 aliphatic heterocycles. The summed E-state index contributed by atoms with van der Waals surface area (Å²) in [6, 6.07) is 5.63. The van der Waals surface area contributed by atoms with E-state index in [9.17, 15) is 18.0 Å². The predicted octanol–water partition coefficient (Wildman–Crippen LogP) is 2.18. The molecular weight excluding hydrogens is 285 g/mol. The number of benzene rings is 1. The second-order valence-electron chi connectivity index (χ2n) is 4.38. The standard InChI is InChI=1S/C14H19F3N2O2/c15-11-3-1-4-12(9-11)19(7-2-6-18)14(20)5-8-21-10-13(16)17/h1,3-4,9,13H,2,5-8,10,18H2. The third-order valence-corrected chi connectivity index (χ3v) is 2.71. The van der Waals surface area contributed by atoms with Crippen LogP contribution >= 0.6 is 0 Å². The van der Waals surface area contributed by atoms with Crippen LogP contribution in [-0.4, -0.2) is 38.6 Å². The highest BCUT2D eigenvalue weighted by Gasteiger charge is 2.16. The summed E-state index contributed by atoms with van der Waals surface area (Å²) in [6.45, 7) is -0.0672. The highest BCUT2D eigenvalue weighted by atomic mass is 19.3. The molecule has 4 nitrogen and oxygen atoms in total. The molecule has 21 heavy (non-hydrogen) atoms. The van der Waals surface area contributed by atoms with Crippen LogP contribution in [0.4, 0.5) is 18.9 Å². The Morgan fingerprint density at radius 2 is 2.14 bits per heavy atom. The lowest BCUT2D eigenvalue weighted by Crippen LogP contribution is -2.33. The average molecular weight is 304 g/mol. The molecule has 7 heteroatoms. The Labute approximate surface area is 121 Å². The molecule has 0 aromatic heterocycles. The Morgan fingerprint density at radius 1 is 1.38 bits per heavy atom. The number of carbonyl (C=O) groups is 1. The van der Waals surface area contributed by atoms with Crippen LogP contribution < -0.4 is 10.6 Å². The number of nitrogens with two attached hydrogens (primary N) is 1. The van der Waals surface area contributed by atoms with Crippen LogP contribution in [0.15, 0.2) is 24.3 Å². The molecule has 1 amide bonds. The number of ether oxygens (including phenoxy) is 1. The summed E-state index contributed by atoms with van der Waals surface area (Å²) in [4.78, 5) is 13.5. The van der Waals surface area contributed by atoms with Crippen molar-refractivity contribution in [1.29, 1.82) is 0 Å². The number of hydrogen-bond acceptors (Lipinski definition) is 3. The highest BCUT2D eigenvalue weighted by molar-refractivity contribution is 5.93. The third-order valence-electron chi connectivity index (χ3n) is 2.71. The molecule has 118 valence electrons. The second-order valence-corrected chi connectivity index (χ2v) is 4.38. The molecule has 0 fully saturated rings. The maximum absolute atomic E-state index is 13.2. The molecule has 1 rings (SSSR count). The maximum atomic E-state index is 13.2. The van der Waals surface area contributed by atoms with Crippen molar-refractivity contribution in [2.24, 2.45) is 5.73 Å². The maximum Gasteiger partial charge on any atom is 0.261 e. The number of hydrogen-bond donors (Lipinski definition) is 1. The van der Waals surface area contributed by atoms with E-state index in [2.05, 4.69) is 4.74 Å². The van der Waals surface area contributed by atoms with Gasteiger partial charge in [0.1, 0.15) is 12.4 Å². The molecule has 1 aromatic rings. The van der Waals surface area contributed by atoms with E-state index >= 15 is 0 Å². The van der Waals surface area contributed by atoms with Gasteiger partial charge < -0.3 is 15.4 Å². The lowest BCUT2D eigenvalue weighted by molar-refractivity contribution is -0.120. The molecule has 2 N–H and O–H groups in total. The van der Waals surface area contributed by atoms with Gasteiger partial charge in [0, 0.05) is 12.2 Å². The molecule has 0 saturated carbocycles. The minimum atomic E-state index is -2.56. The van der Waals surface area contributed by atoms with E-state index in [4.69, 9.17) is 5.73 Å². The molecule has 0 aliphatic carbocycles. The third kappa shape index (κ3) is 6.59. The lowest BCUT2D eigenvalue weighted by atomic mass is 10.2. The van der Waals surface area contributed by atoms with Crippen LogP contribution in [0, 0.1) is 5.82 Å². The van der Waals surface area contributed by atoms with Crippen LogP contribution in [-0.2, 0) is 9.53 Å². The molecule has 1 aromatic carbocycles. The van der Waals surface area contributed by atoms with Gasteiger partial charge in [-0.2, -0.15) is 0 Å². The van der Waals surface area contributed by atoms with Crippen LogP contribution in [0.1, 0.15) is 12.8 Å².